The van der Waals surface area contributed by atoms with E-state index in [2.05, 4.69) is 5.32 Å². The van der Waals surface area contributed by atoms with Crippen LogP contribution >= 0.6 is 0 Å². The van der Waals surface area contributed by atoms with Gasteiger partial charge in [0.25, 0.3) is 0 Å². The third-order valence-electron chi connectivity index (χ3n) is 1.22. The number of halogens is 1. The van der Waals surface area contributed by atoms with E-state index in [1.165, 1.54) is 0 Å². The Labute approximate surface area is 65.6 Å². The monoisotopic (exact) mass is 163 g/mol. The maximum atomic E-state index is 12.3. The third kappa shape index (κ3) is 5.79. The summed E-state index contributed by atoms with van der Waals surface area (Å²) >= 11 is 0. The smallest absolute Gasteiger partial charge is 0.338 e. The van der Waals surface area contributed by atoms with Gasteiger partial charge >= 0.3 is 5.97 Å². The maximum absolute atomic E-state index is 12.3. The molecule has 0 radical (unpaired) electrons. The topological polar surface area (TPSA) is 49.3 Å². The van der Waals surface area contributed by atoms with Gasteiger partial charge in [-0.3, -0.25) is 0 Å². The highest BCUT2D eigenvalue weighted by molar-refractivity contribution is 5.71. The van der Waals surface area contributed by atoms with E-state index in [1.54, 1.807) is 0 Å². The molecule has 0 aliphatic rings. The van der Waals surface area contributed by atoms with Gasteiger partial charge in [0, 0.05) is 12.5 Å². The minimum atomic E-state index is -1.73. The average molecular weight is 163 g/mol. The molecule has 0 aromatic rings. The van der Waals surface area contributed by atoms with E-state index in [0.29, 0.717) is 6.54 Å². The fraction of sp³-hybridized carbons (Fsp3) is 0.857. The number of hydrogen-bond acceptors (Lipinski definition) is 2. The first-order valence-corrected chi connectivity index (χ1v) is 3.64. The van der Waals surface area contributed by atoms with E-state index >= 15 is 0 Å². The van der Waals surface area contributed by atoms with E-state index in [9.17, 15) is 9.18 Å². The summed E-state index contributed by atoms with van der Waals surface area (Å²) in [6.07, 6.45) is -1.70. The van der Waals surface area contributed by atoms with Crippen molar-refractivity contribution in [2.75, 3.05) is 6.54 Å². The van der Waals surface area contributed by atoms with Gasteiger partial charge in [0.2, 0.25) is 0 Å². The Hall–Kier alpha value is -0.640. The van der Waals surface area contributed by atoms with Gasteiger partial charge in [-0.25, -0.2) is 9.18 Å². The quantitative estimate of drug-likeness (QED) is 0.630. The van der Waals surface area contributed by atoms with Crippen LogP contribution in [0.3, 0.4) is 0 Å². The number of nitrogens with one attached hydrogen (secondary N) is 1. The van der Waals surface area contributed by atoms with E-state index in [1.807, 2.05) is 13.8 Å². The summed E-state index contributed by atoms with van der Waals surface area (Å²) in [6.45, 7) is 4.26. The zero-order valence-corrected chi connectivity index (χ0v) is 6.80. The molecule has 3 nitrogen and oxygen atoms in total. The molecule has 0 saturated heterocycles. The molecule has 4 heteroatoms. The molecular formula is C7H14FNO2. The number of rotatable bonds is 5. The molecule has 0 bridgehead atoms. The molecule has 0 saturated carbocycles. The number of carbonyl (C=O) groups is 1. The Morgan fingerprint density at radius 1 is 1.64 bits per heavy atom. The first-order valence-electron chi connectivity index (χ1n) is 3.64. The largest absolute Gasteiger partial charge is 0.479 e. The molecule has 0 unspecified atom stereocenters. The molecule has 0 aliphatic heterocycles. The average Bonchev–Trinajstić information content (AvgIpc) is 1.86. The van der Waals surface area contributed by atoms with Gasteiger partial charge in [-0.15, -0.1) is 0 Å². The standard InChI is InChI=1S/C7H14FNO2/c1-5(2)9-4-3-6(8)7(10)11/h5-6,9H,3-4H2,1-2H3,(H,10,11)/t6-/m1/s1. The van der Waals surface area contributed by atoms with Crippen molar-refractivity contribution in [3.8, 4) is 0 Å². The zero-order chi connectivity index (χ0) is 8.85. The normalized spacial score (nSPS) is 13.5. The Bertz CT molecular complexity index is 128. The molecule has 0 spiro atoms. The van der Waals surface area contributed by atoms with Crippen molar-refractivity contribution in [2.24, 2.45) is 0 Å². The van der Waals surface area contributed by atoms with Crippen LogP contribution in [-0.2, 0) is 4.79 Å². The van der Waals surface area contributed by atoms with Crippen LogP contribution in [-0.4, -0.2) is 29.8 Å². The van der Waals surface area contributed by atoms with Gasteiger partial charge in [0.15, 0.2) is 6.17 Å². The molecule has 2 N–H and O–H groups in total. The molecule has 0 heterocycles. The molecule has 11 heavy (non-hydrogen) atoms. The van der Waals surface area contributed by atoms with E-state index in [-0.39, 0.29) is 12.5 Å². The number of alkyl halides is 1. The lowest BCUT2D eigenvalue weighted by atomic mass is 10.2. The van der Waals surface area contributed by atoms with Crippen LogP contribution in [0.2, 0.25) is 0 Å². The number of carboxylic acid groups (broad SMARTS) is 1. The molecular weight excluding hydrogens is 149 g/mol. The molecule has 0 amide bonds. The highest BCUT2D eigenvalue weighted by Crippen LogP contribution is 1.96. The van der Waals surface area contributed by atoms with Crippen LogP contribution in [0.15, 0.2) is 0 Å². The second-order valence-corrected chi connectivity index (χ2v) is 2.70. The summed E-state index contributed by atoms with van der Waals surface area (Å²) in [6, 6.07) is 0.274. The minimum absolute atomic E-state index is 0.0352. The number of carboxylic acids is 1. The first kappa shape index (κ1) is 10.4. The van der Waals surface area contributed by atoms with Gasteiger partial charge in [-0.1, -0.05) is 13.8 Å². The van der Waals surface area contributed by atoms with Crippen LogP contribution in [0.1, 0.15) is 20.3 Å². The molecule has 0 fully saturated rings. The highest BCUT2D eigenvalue weighted by atomic mass is 19.1. The molecule has 0 aliphatic carbocycles. The molecule has 0 aromatic carbocycles. The fourth-order valence-electron chi connectivity index (χ4n) is 0.622. The van der Waals surface area contributed by atoms with Crippen LogP contribution in [0.25, 0.3) is 0 Å². The SMILES string of the molecule is CC(C)NCC[C@@H](F)C(=O)O. The van der Waals surface area contributed by atoms with E-state index in [0.717, 1.165) is 0 Å². The zero-order valence-electron chi connectivity index (χ0n) is 6.80. The van der Waals surface area contributed by atoms with Crippen molar-refractivity contribution in [1.82, 2.24) is 5.32 Å². The van der Waals surface area contributed by atoms with Gasteiger partial charge < -0.3 is 10.4 Å². The predicted molar refractivity (Wildman–Crippen MR) is 40.3 cm³/mol. The molecule has 0 aromatic heterocycles. The van der Waals surface area contributed by atoms with Gasteiger partial charge in [-0.05, 0) is 6.54 Å². The lowest BCUT2D eigenvalue weighted by Gasteiger charge is -2.07. The van der Waals surface area contributed by atoms with Gasteiger partial charge in [-0.2, -0.15) is 0 Å². The Balaban J connectivity index is 3.31. The maximum Gasteiger partial charge on any atom is 0.338 e. The Kier molecular flexibility index (Phi) is 4.77. The Morgan fingerprint density at radius 3 is 2.55 bits per heavy atom. The lowest BCUT2D eigenvalue weighted by Crippen LogP contribution is -2.27. The second kappa shape index (κ2) is 5.07. The fourth-order valence-corrected chi connectivity index (χ4v) is 0.622. The molecule has 1 atom stereocenters. The van der Waals surface area contributed by atoms with E-state index in [4.69, 9.17) is 5.11 Å². The van der Waals surface area contributed by atoms with Crippen molar-refractivity contribution in [2.45, 2.75) is 32.5 Å². The predicted octanol–water partition coefficient (Wildman–Crippen LogP) is 0.797. The summed E-state index contributed by atoms with van der Waals surface area (Å²) in [7, 11) is 0. The Morgan fingerprint density at radius 2 is 2.18 bits per heavy atom. The van der Waals surface area contributed by atoms with Crippen LogP contribution in [0.5, 0.6) is 0 Å². The highest BCUT2D eigenvalue weighted by Gasteiger charge is 2.14. The third-order valence-corrected chi connectivity index (χ3v) is 1.22. The molecule has 0 rings (SSSR count). The number of hydrogen-bond donors (Lipinski definition) is 2. The van der Waals surface area contributed by atoms with E-state index < -0.39 is 12.1 Å². The van der Waals surface area contributed by atoms with Crippen molar-refractivity contribution >= 4 is 5.97 Å². The van der Waals surface area contributed by atoms with Crippen molar-refractivity contribution < 1.29 is 14.3 Å². The summed E-state index contributed by atoms with van der Waals surface area (Å²) in [5.74, 6) is -1.38. The summed E-state index contributed by atoms with van der Waals surface area (Å²) < 4.78 is 12.3. The first-order chi connectivity index (χ1) is 5.04. The van der Waals surface area contributed by atoms with Crippen LogP contribution in [0.4, 0.5) is 4.39 Å². The summed E-state index contributed by atoms with van der Waals surface area (Å²) in [5, 5.41) is 11.1. The second-order valence-electron chi connectivity index (χ2n) is 2.70. The summed E-state index contributed by atoms with van der Waals surface area (Å²) in [4.78, 5) is 9.97. The lowest BCUT2D eigenvalue weighted by molar-refractivity contribution is -0.142. The van der Waals surface area contributed by atoms with Crippen molar-refractivity contribution in [3.05, 3.63) is 0 Å². The molecule has 66 valence electrons. The minimum Gasteiger partial charge on any atom is -0.479 e. The van der Waals surface area contributed by atoms with Crippen molar-refractivity contribution in [1.29, 1.82) is 0 Å². The van der Waals surface area contributed by atoms with Crippen LogP contribution in [0, 0.1) is 0 Å². The van der Waals surface area contributed by atoms with Crippen LogP contribution < -0.4 is 5.32 Å². The van der Waals surface area contributed by atoms with Crippen molar-refractivity contribution in [3.63, 3.8) is 0 Å². The van der Waals surface area contributed by atoms with Gasteiger partial charge in [0.05, 0.1) is 0 Å². The number of aliphatic carboxylic acids is 1. The summed E-state index contributed by atoms with van der Waals surface area (Å²) in [5.41, 5.74) is 0. The van der Waals surface area contributed by atoms with Gasteiger partial charge in [0.1, 0.15) is 0 Å².